The van der Waals surface area contributed by atoms with Crippen molar-refractivity contribution in [1.29, 1.82) is 0 Å². The Morgan fingerprint density at radius 1 is 1.10 bits per heavy atom. The van der Waals surface area contributed by atoms with Crippen molar-refractivity contribution in [3.8, 4) is 28.3 Å². The van der Waals surface area contributed by atoms with E-state index < -0.39 is 0 Å². The first-order valence-electron chi connectivity index (χ1n) is 10.0. The lowest BCUT2D eigenvalue weighted by Crippen LogP contribution is -2.27. The number of benzene rings is 2. The van der Waals surface area contributed by atoms with Crippen LogP contribution in [-0.2, 0) is 0 Å². The number of fused-ring (bicyclic) bond motifs is 1. The lowest BCUT2D eigenvalue weighted by Gasteiger charge is -2.15. The number of hydrogen-bond acceptors (Lipinski definition) is 7. The zero-order chi connectivity index (χ0) is 21.8. The van der Waals surface area contributed by atoms with Gasteiger partial charge in [-0.2, -0.15) is 0 Å². The Morgan fingerprint density at radius 2 is 1.90 bits per heavy atom. The molecule has 8 nitrogen and oxygen atoms in total. The summed E-state index contributed by atoms with van der Waals surface area (Å²) in [7, 11) is 1.94. The first kappa shape index (κ1) is 20.6. The van der Waals surface area contributed by atoms with Crippen molar-refractivity contribution in [2.75, 3.05) is 39.1 Å². The normalized spacial score (nSPS) is 11.3. The van der Waals surface area contributed by atoms with Gasteiger partial charge in [0.05, 0.1) is 6.61 Å². The Hall–Kier alpha value is -3.62. The first-order valence-corrected chi connectivity index (χ1v) is 10.0. The lowest BCUT2D eigenvalue weighted by molar-refractivity contribution is 0.192. The highest BCUT2D eigenvalue weighted by Crippen LogP contribution is 2.34. The van der Waals surface area contributed by atoms with Gasteiger partial charge >= 0.3 is 0 Å². The van der Waals surface area contributed by atoms with Gasteiger partial charge in [-0.25, -0.2) is 9.97 Å². The third-order valence-electron chi connectivity index (χ3n) is 5.10. The Bertz CT molecular complexity index is 1170. The molecule has 160 valence electrons. The molecule has 0 radical (unpaired) electrons. The third-order valence-corrected chi connectivity index (χ3v) is 5.10. The van der Waals surface area contributed by atoms with Crippen LogP contribution in [0.3, 0.4) is 0 Å². The van der Waals surface area contributed by atoms with E-state index in [0.29, 0.717) is 24.5 Å². The Morgan fingerprint density at radius 3 is 2.65 bits per heavy atom. The maximum absolute atomic E-state index is 9.90. The second kappa shape index (κ2) is 9.03. The summed E-state index contributed by atoms with van der Waals surface area (Å²) >= 11 is 0. The molecule has 0 aliphatic heterocycles. The van der Waals surface area contributed by atoms with E-state index in [2.05, 4.69) is 9.97 Å². The molecule has 2 aromatic carbocycles. The van der Waals surface area contributed by atoms with Gasteiger partial charge in [-0.3, -0.25) is 0 Å². The Balaban J connectivity index is 1.63. The number of phenols is 1. The van der Waals surface area contributed by atoms with Crippen LogP contribution in [0.2, 0.25) is 0 Å². The van der Waals surface area contributed by atoms with Gasteiger partial charge in [0.25, 0.3) is 0 Å². The third kappa shape index (κ3) is 4.45. The summed E-state index contributed by atoms with van der Waals surface area (Å²) in [5, 5.41) is 18.9. The Kier molecular flexibility index (Phi) is 6.01. The number of rotatable bonds is 8. The molecular weight excluding hydrogens is 394 g/mol. The number of aromatic nitrogens is 3. The highest BCUT2D eigenvalue weighted by atomic mass is 16.5. The maximum atomic E-state index is 9.90. The minimum absolute atomic E-state index is 0.134. The average Bonchev–Trinajstić information content (AvgIpc) is 3.16. The molecule has 0 saturated heterocycles. The molecule has 4 rings (SSSR count). The number of likely N-dealkylation sites (N-methyl/N-ethyl adjacent to an activating group) is 1. The molecule has 0 bridgehead atoms. The van der Waals surface area contributed by atoms with E-state index in [1.165, 1.54) is 6.33 Å². The lowest BCUT2D eigenvalue weighted by atomic mass is 10.1. The molecule has 0 amide bonds. The van der Waals surface area contributed by atoms with Crippen LogP contribution in [0, 0.1) is 0 Å². The summed E-state index contributed by atoms with van der Waals surface area (Å²) < 4.78 is 7.70. The van der Waals surface area contributed by atoms with Crippen molar-refractivity contribution in [3.63, 3.8) is 0 Å². The van der Waals surface area contributed by atoms with Crippen molar-refractivity contribution < 1.29 is 14.9 Å². The van der Waals surface area contributed by atoms with Crippen LogP contribution >= 0.6 is 0 Å². The Labute approximate surface area is 180 Å². The molecule has 0 atom stereocenters. The number of aliphatic hydroxyl groups is 1. The van der Waals surface area contributed by atoms with Crippen LogP contribution in [0.5, 0.6) is 11.5 Å². The summed E-state index contributed by atoms with van der Waals surface area (Å²) in [5.41, 5.74) is 10.2. The van der Waals surface area contributed by atoms with Crippen molar-refractivity contribution >= 4 is 16.9 Å². The number of nitrogens with zero attached hydrogens (tertiary/aromatic N) is 4. The van der Waals surface area contributed by atoms with Gasteiger partial charge in [0.15, 0.2) is 5.82 Å². The number of nitrogens with two attached hydrogens (primary N) is 1. The van der Waals surface area contributed by atoms with Crippen LogP contribution in [0.15, 0.2) is 61.1 Å². The molecule has 4 N–H and O–H groups in total. The van der Waals surface area contributed by atoms with Crippen molar-refractivity contribution in [3.05, 3.63) is 61.1 Å². The number of anilines is 1. The zero-order valence-corrected chi connectivity index (χ0v) is 17.3. The SMILES string of the molecule is CN(CCO)CCOc1ccc(-c2cn(-c3cccc(O)c3)c3c(N)ncnc23)cc1. The van der Waals surface area contributed by atoms with Crippen LogP contribution < -0.4 is 10.5 Å². The largest absolute Gasteiger partial charge is 0.508 e. The molecule has 0 saturated carbocycles. The number of phenolic OH excluding ortho intramolecular Hbond substituents is 1. The van der Waals surface area contributed by atoms with E-state index in [-0.39, 0.29) is 12.4 Å². The van der Waals surface area contributed by atoms with Gasteiger partial charge in [-0.15, -0.1) is 0 Å². The number of nitrogen functional groups attached to an aromatic ring is 1. The molecule has 4 aromatic rings. The summed E-state index contributed by atoms with van der Waals surface area (Å²) in [6.07, 6.45) is 3.40. The summed E-state index contributed by atoms with van der Waals surface area (Å²) in [4.78, 5) is 10.6. The van der Waals surface area contributed by atoms with E-state index in [9.17, 15) is 5.11 Å². The smallest absolute Gasteiger partial charge is 0.151 e. The van der Waals surface area contributed by atoms with Crippen LogP contribution in [0.4, 0.5) is 5.82 Å². The van der Waals surface area contributed by atoms with E-state index in [4.69, 9.17) is 15.6 Å². The monoisotopic (exact) mass is 419 g/mol. The highest BCUT2D eigenvalue weighted by molar-refractivity contribution is 5.98. The molecule has 0 spiro atoms. The van der Waals surface area contributed by atoms with Gasteiger partial charge in [0.2, 0.25) is 0 Å². The van der Waals surface area contributed by atoms with Crippen molar-refractivity contribution in [1.82, 2.24) is 19.4 Å². The van der Waals surface area contributed by atoms with E-state index >= 15 is 0 Å². The standard InChI is InChI=1S/C23H25N5O3/c1-27(9-11-29)10-12-31-19-7-5-16(6-8-19)20-14-28(17-3-2-4-18(30)13-17)22-21(20)25-15-26-23(22)24/h2-8,13-15,29-30H,9-12H2,1H3,(H2,24,25,26). The van der Waals surface area contributed by atoms with Gasteiger partial charge in [-0.1, -0.05) is 18.2 Å². The number of aliphatic hydroxyl groups excluding tert-OH is 1. The molecule has 2 aromatic heterocycles. The second-order valence-corrected chi connectivity index (χ2v) is 7.29. The van der Waals surface area contributed by atoms with E-state index in [1.54, 1.807) is 18.2 Å². The van der Waals surface area contributed by atoms with Gasteiger partial charge in [-0.05, 0) is 36.9 Å². The average molecular weight is 419 g/mol. The summed E-state index contributed by atoms with van der Waals surface area (Å²) in [6, 6.07) is 14.8. The topological polar surface area (TPSA) is 110 Å². The van der Waals surface area contributed by atoms with Crippen LogP contribution in [0.25, 0.3) is 27.8 Å². The molecule has 0 aliphatic rings. The predicted octanol–water partition coefficient (Wildman–Crippen LogP) is 2.68. The number of aromatic hydroxyl groups is 1. The van der Waals surface area contributed by atoms with Gasteiger partial charge in [0.1, 0.15) is 35.5 Å². The zero-order valence-electron chi connectivity index (χ0n) is 17.3. The molecular formula is C23H25N5O3. The molecule has 2 heterocycles. The molecule has 31 heavy (non-hydrogen) atoms. The summed E-state index contributed by atoms with van der Waals surface area (Å²) in [5.74, 6) is 1.31. The summed E-state index contributed by atoms with van der Waals surface area (Å²) in [6.45, 7) is 2.03. The van der Waals surface area contributed by atoms with Gasteiger partial charge in [0, 0.05) is 36.6 Å². The molecule has 0 unspecified atom stereocenters. The minimum Gasteiger partial charge on any atom is -0.508 e. The minimum atomic E-state index is 0.134. The first-order chi connectivity index (χ1) is 15.1. The molecule has 0 aliphatic carbocycles. The van der Waals surface area contributed by atoms with Crippen LogP contribution in [-0.4, -0.2) is 63.0 Å². The van der Waals surface area contributed by atoms with E-state index in [0.717, 1.165) is 34.6 Å². The fourth-order valence-corrected chi connectivity index (χ4v) is 3.47. The van der Waals surface area contributed by atoms with E-state index in [1.807, 2.05) is 53.0 Å². The predicted molar refractivity (Wildman–Crippen MR) is 120 cm³/mol. The highest BCUT2D eigenvalue weighted by Gasteiger charge is 2.16. The van der Waals surface area contributed by atoms with Gasteiger partial charge < -0.3 is 30.2 Å². The number of hydrogen-bond donors (Lipinski definition) is 3. The van der Waals surface area contributed by atoms with Crippen molar-refractivity contribution in [2.24, 2.45) is 0 Å². The molecule has 8 heteroatoms. The quantitative estimate of drug-likeness (QED) is 0.403. The van der Waals surface area contributed by atoms with Crippen LogP contribution in [0.1, 0.15) is 0 Å². The number of ether oxygens (including phenoxy) is 1. The van der Waals surface area contributed by atoms with Crippen molar-refractivity contribution in [2.45, 2.75) is 0 Å². The fourth-order valence-electron chi connectivity index (χ4n) is 3.47. The fraction of sp³-hybridized carbons (Fsp3) is 0.217. The second-order valence-electron chi connectivity index (χ2n) is 7.29. The molecule has 0 fully saturated rings. The maximum Gasteiger partial charge on any atom is 0.151 e.